The molecule has 8 heteroatoms. The van der Waals surface area contributed by atoms with Gasteiger partial charge in [0.2, 0.25) is 0 Å². The minimum atomic E-state index is -3.30. The van der Waals surface area contributed by atoms with E-state index in [1.165, 1.54) is 6.26 Å². The molecule has 6 nitrogen and oxygen atoms in total. The summed E-state index contributed by atoms with van der Waals surface area (Å²) in [7, 11) is -1.61. The molecule has 0 amide bonds. The number of benzene rings is 2. The number of hydrogen-bond acceptors (Lipinski definition) is 7. The van der Waals surface area contributed by atoms with Gasteiger partial charge in [0.15, 0.2) is 15.0 Å². The van der Waals surface area contributed by atoms with Gasteiger partial charge >= 0.3 is 0 Å². The zero-order chi connectivity index (χ0) is 19.0. The normalized spacial score (nSPS) is 15.3. The van der Waals surface area contributed by atoms with Crippen molar-refractivity contribution >= 4 is 42.2 Å². The van der Waals surface area contributed by atoms with E-state index in [0.717, 1.165) is 47.4 Å². The number of ether oxygens (including phenoxy) is 1. The second-order valence-corrected chi connectivity index (χ2v) is 9.51. The SMILES string of the molecule is COc1ccccc1N1CCN(c2nc3c(S(C)(=O)=O)cccc3s2)CC1. The molecular weight excluding hydrogens is 382 g/mol. The second kappa shape index (κ2) is 7.01. The van der Waals surface area contributed by atoms with E-state index in [0.29, 0.717) is 10.4 Å². The first-order valence-corrected chi connectivity index (χ1v) is 11.4. The zero-order valence-electron chi connectivity index (χ0n) is 15.3. The van der Waals surface area contributed by atoms with E-state index >= 15 is 0 Å². The van der Waals surface area contributed by atoms with Crippen molar-refractivity contribution in [3.63, 3.8) is 0 Å². The zero-order valence-corrected chi connectivity index (χ0v) is 16.9. The molecule has 0 unspecified atom stereocenters. The number of methoxy groups -OCH3 is 1. The number of para-hydroxylation sites is 3. The van der Waals surface area contributed by atoms with Crippen molar-refractivity contribution in [1.82, 2.24) is 4.98 Å². The molecule has 0 radical (unpaired) electrons. The molecule has 142 valence electrons. The van der Waals surface area contributed by atoms with Crippen molar-refractivity contribution in [1.29, 1.82) is 0 Å². The number of thiazole rings is 1. The maximum atomic E-state index is 12.0. The second-order valence-electron chi connectivity index (χ2n) is 6.52. The topological polar surface area (TPSA) is 62.7 Å². The Morgan fingerprint density at radius 1 is 1.00 bits per heavy atom. The van der Waals surface area contributed by atoms with Crippen LogP contribution in [-0.2, 0) is 9.84 Å². The smallest absolute Gasteiger partial charge is 0.186 e. The van der Waals surface area contributed by atoms with Crippen LogP contribution in [0, 0.1) is 0 Å². The third kappa shape index (κ3) is 3.46. The first-order valence-electron chi connectivity index (χ1n) is 8.70. The van der Waals surface area contributed by atoms with E-state index in [1.54, 1.807) is 30.6 Å². The number of rotatable bonds is 4. The summed E-state index contributed by atoms with van der Waals surface area (Å²) in [6.07, 6.45) is 1.23. The van der Waals surface area contributed by atoms with Gasteiger partial charge in [-0.2, -0.15) is 0 Å². The molecule has 2 heterocycles. The highest BCUT2D eigenvalue weighted by Gasteiger charge is 2.23. The molecule has 27 heavy (non-hydrogen) atoms. The van der Waals surface area contributed by atoms with Gasteiger partial charge in [-0.25, -0.2) is 13.4 Å². The largest absolute Gasteiger partial charge is 0.495 e. The van der Waals surface area contributed by atoms with E-state index in [1.807, 2.05) is 24.3 Å². The number of piperazine rings is 1. The van der Waals surface area contributed by atoms with Gasteiger partial charge in [-0.3, -0.25) is 0 Å². The molecule has 1 saturated heterocycles. The molecule has 1 fully saturated rings. The lowest BCUT2D eigenvalue weighted by atomic mass is 10.2. The number of fused-ring (bicyclic) bond motifs is 1. The fourth-order valence-electron chi connectivity index (χ4n) is 3.38. The van der Waals surface area contributed by atoms with Crippen LogP contribution in [0.25, 0.3) is 10.2 Å². The summed E-state index contributed by atoms with van der Waals surface area (Å²) in [4.78, 5) is 9.49. The molecule has 0 saturated carbocycles. The number of nitrogens with zero attached hydrogens (tertiary/aromatic N) is 3. The highest BCUT2D eigenvalue weighted by Crippen LogP contribution is 2.34. The van der Waals surface area contributed by atoms with Gasteiger partial charge in [0.1, 0.15) is 11.3 Å². The molecular formula is C19H21N3O3S2. The van der Waals surface area contributed by atoms with Crippen molar-refractivity contribution in [2.24, 2.45) is 0 Å². The summed E-state index contributed by atoms with van der Waals surface area (Å²) in [5.41, 5.74) is 1.68. The maximum absolute atomic E-state index is 12.0. The summed E-state index contributed by atoms with van der Waals surface area (Å²) < 4.78 is 30.4. The van der Waals surface area contributed by atoms with Crippen LogP contribution in [0.4, 0.5) is 10.8 Å². The Kier molecular flexibility index (Phi) is 4.69. The molecule has 3 aromatic rings. The van der Waals surface area contributed by atoms with Crippen LogP contribution < -0.4 is 14.5 Å². The number of anilines is 2. The average Bonchev–Trinajstić information content (AvgIpc) is 3.11. The van der Waals surface area contributed by atoms with Crippen LogP contribution in [0.5, 0.6) is 5.75 Å². The summed E-state index contributed by atoms with van der Waals surface area (Å²) in [5.74, 6) is 0.878. The molecule has 0 spiro atoms. The lowest BCUT2D eigenvalue weighted by Crippen LogP contribution is -2.46. The standard InChI is InChI=1S/C19H21N3O3S2/c1-25-15-7-4-3-6-14(15)21-10-12-22(13-11-21)19-20-18-16(26-19)8-5-9-17(18)27(2,23)24/h3-9H,10-13H2,1-2H3. The van der Waals surface area contributed by atoms with E-state index in [4.69, 9.17) is 4.74 Å². The third-order valence-corrected chi connectivity index (χ3v) is 6.96. The van der Waals surface area contributed by atoms with Gasteiger partial charge in [-0.05, 0) is 24.3 Å². The van der Waals surface area contributed by atoms with Crippen molar-refractivity contribution in [3.05, 3.63) is 42.5 Å². The maximum Gasteiger partial charge on any atom is 0.186 e. The molecule has 1 aliphatic heterocycles. The average molecular weight is 404 g/mol. The Bertz CT molecular complexity index is 1070. The first kappa shape index (κ1) is 18.1. The van der Waals surface area contributed by atoms with Crippen molar-refractivity contribution in [2.75, 3.05) is 49.3 Å². The van der Waals surface area contributed by atoms with Crippen molar-refractivity contribution in [2.45, 2.75) is 4.90 Å². The monoisotopic (exact) mass is 403 g/mol. The van der Waals surface area contributed by atoms with Crippen molar-refractivity contribution < 1.29 is 13.2 Å². The van der Waals surface area contributed by atoms with Crippen LogP contribution in [0.3, 0.4) is 0 Å². The summed E-state index contributed by atoms with van der Waals surface area (Å²) in [6, 6.07) is 13.4. The van der Waals surface area contributed by atoms with Gasteiger partial charge in [-0.15, -0.1) is 0 Å². The van der Waals surface area contributed by atoms with Gasteiger partial charge in [0.25, 0.3) is 0 Å². The highest BCUT2D eigenvalue weighted by atomic mass is 32.2. The van der Waals surface area contributed by atoms with Gasteiger partial charge < -0.3 is 14.5 Å². The quantitative estimate of drug-likeness (QED) is 0.667. The van der Waals surface area contributed by atoms with E-state index in [9.17, 15) is 8.42 Å². The molecule has 1 aromatic heterocycles. The van der Waals surface area contributed by atoms with E-state index < -0.39 is 9.84 Å². The minimum Gasteiger partial charge on any atom is -0.495 e. The van der Waals surface area contributed by atoms with Gasteiger partial charge in [0.05, 0.1) is 22.4 Å². The fraction of sp³-hybridized carbons (Fsp3) is 0.316. The molecule has 4 rings (SSSR count). The fourth-order valence-corrected chi connectivity index (χ4v) is 5.32. The van der Waals surface area contributed by atoms with Crippen LogP contribution in [0.2, 0.25) is 0 Å². The molecule has 1 aliphatic rings. The predicted octanol–water partition coefficient (Wildman–Crippen LogP) is 3.04. The summed E-state index contributed by atoms with van der Waals surface area (Å²) in [5, 5.41) is 0.876. The van der Waals surface area contributed by atoms with E-state index in [2.05, 4.69) is 20.9 Å². The number of sulfone groups is 1. The van der Waals surface area contributed by atoms with Crippen molar-refractivity contribution in [3.8, 4) is 5.75 Å². The first-order chi connectivity index (χ1) is 13.0. The van der Waals surface area contributed by atoms with Gasteiger partial charge in [0, 0.05) is 32.4 Å². The van der Waals surface area contributed by atoms with Crippen LogP contribution >= 0.6 is 11.3 Å². The Labute approximate surface area is 162 Å². The van der Waals surface area contributed by atoms with E-state index in [-0.39, 0.29) is 0 Å². The third-order valence-electron chi connectivity index (χ3n) is 4.75. The summed E-state index contributed by atoms with van der Waals surface area (Å²) >= 11 is 1.55. The molecule has 0 aliphatic carbocycles. The van der Waals surface area contributed by atoms with Gasteiger partial charge in [-0.1, -0.05) is 29.5 Å². The molecule has 0 bridgehead atoms. The lowest BCUT2D eigenvalue weighted by molar-refractivity contribution is 0.413. The number of aromatic nitrogens is 1. The Hall–Kier alpha value is -2.32. The van der Waals surface area contributed by atoms with Crippen LogP contribution in [0.15, 0.2) is 47.4 Å². The lowest BCUT2D eigenvalue weighted by Gasteiger charge is -2.36. The highest BCUT2D eigenvalue weighted by molar-refractivity contribution is 7.91. The Balaban J connectivity index is 1.57. The molecule has 0 atom stereocenters. The van der Waals surface area contributed by atoms with Crippen LogP contribution in [-0.4, -0.2) is 52.9 Å². The molecule has 0 N–H and O–H groups in total. The Morgan fingerprint density at radius 3 is 2.41 bits per heavy atom. The molecule has 2 aromatic carbocycles. The number of hydrogen-bond donors (Lipinski definition) is 0. The predicted molar refractivity (Wildman–Crippen MR) is 110 cm³/mol. The minimum absolute atomic E-state index is 0.301. The van der Waals surface area contributed by atoms with Crippen LogP contribution in [0.1, 0.15) is 0 Å². The Morgan fingerprint density at radius 2 is 1.70 bits per heavy atom. The summed E-state index contributed by atoms with van der Waals surface area (Å²) in [6.45, 7) is 3.36.